The van der Waals surface area contributed by atoms with Crippen molar-refractivity contribution in [1.29, 1.82) is 0 Å². The van der Waals surface area contributed by atoms with Crippen LogP contribution in [0.5, 0.6) is 0 Å². The van der Waals surface area contributed by atoms with E-state index in [0.717, 1.165) is 6.42 Å². The summed E-state index contributed by atoms with van der Waals surface area (Å²) in [4.78, 5) is 23.3. The second kappa shape index (κ2) is 4.80. The van der Waals surface area contributed by atoms with Gasteiger partial charge in [-0.15, -0.1) is 0 Å². The van der Waals surface area contributed by atoms with E-state index in [-0.39, 0.29) is 11.9 Å². The van der Waals surface area contributed by atoms with Crippen LogP contribution in [0.4, 0.5) is 5.82 Å². The van der Waals surface area contributed by atoms with E-state index in [1.807, 2.05) is 6.92 Å². The average molecular weight is 252 g/mol. The van der Waals surface area contributed by atoms with Gasteiger partial charge in [-0.3, -0.25) is 9.59 Å². The fourth-order valence-electron chi connectivity index (χ4n) is 1.62. The van der Waals surface area contributed by atoms with E-state index in [1.165, 1.54) is 6.92 Å². The van der Waals surface area contributed by atoms with Crippen LogP contribution in [0.25, 0.3) is 0 Å². The lowest BCUT2D eigenvalue weighted by molar-refractivity contribution is -0.154. The molecule has 18 heavy (non-hydrogen) atoms. The van der Waals surface area contributed by atoms with E-state index in [1.54, 1.807) is 13.0 Å². The van der Waals surface area contributed by atoms with Crippen LogP contribution in [-0.4, -0.2) is 23.1 Å². The molecule has 6 nitrogen and oxygen atoms in total. The Morgan fingerprint density at radius 3 is 2.78 bits per heavy atom. The molecule has 1 amide bonds. The lowest BCUT2D eigenvalue weighted by Crippen LogP contribution is -2.30. The molecule has 0 radical (unpaired) electrons. The van der Waals surface area contributed by atoms with Gasteiger partial charge in [-0.25, -0.2) is 0 Å². The van der Waals surface area contributed by atoms with Crippen molar-refractivity contribution in [3.63, 3.8) is 0 Å². The Labute approximate surface area is 105 Å². The van der Waals surface area contributed by atoms with Gasteiger partial charge in [0.15, 0.2) is 11.9 Å². The maximum Gasteiger partial charge on any atom is 0.309 e. The summed E-state index contributed by atoms with van der Waals surface area (Å²) in [5.41, 5.74) is 0. The SMILES string of the molecule is Cc1cc(NC(=O)[C@H](C)OC(=O)[C@H]2C[C@H]2C)no1. The third-order valence-electron chi connectivity index (χ3n) is 2.95. The van der Waals surface area contributed by atoms with Gasteiger partial charge < -0.3 is 14.6 Å². The molecular weight excluding hydrogens is 236 g/mol. The summed E-state index contributed by atoms with van der Waals surface area (Å²) in [6.45, 7) is 5.24. The van der Waals surface area contributed by atoms with Gasteiger partial charge >= 0.3 is 5.97 Å². The number of amides is 1. The van der Waals surface area contributed by atoms with Crippen molar-refractivity contribution in [3.8, 4) is 0 Å². The number of ether oxygens (including phenoxy) is 1. The van der Waals surface area contributed by atoms with Crippen LogP contribution in [0.15, 0.2) is 10.6 Å². The van der Waals surface area contributed by atoms with Crippen molar-refractivity contribution in [2.75, 3.05) is 5.32 Å². The third kappa shape index (κ3) is 2.88. The molecule has 0 bridgehead atoms. The number of aryl methyl sites for hydroxylation is 1. The first-order valence-electron chi connectivity index (χ1n) is 5.92. The first-order valence-corrected chi connectivity index (χ1v) is 5.92. The van der Waals surface area contributed by atoms with Crippen molar-refractivity contribution in [2.24, 2.45) is 11.8 Å². The molecule has 1 saturated carbocycles. The minimum absolute atomic E-state index is 0.0467. The predicted octanol–water partition coefficient (Wildman–Crippen LogP) is 1.51. The summed E-state index contributed by atoms with van der Waals surface area (Å²) in [5.74, 6) is 0.522. The Hall–Kier alpha value is -1.85. The molecule has 0 saturated heterocycles. The number of anilines is 1. The van der Waals surface area contributed by atoms with Gasteiger partial charge in [-0.2, -0.15) is 0 Å². The van der Waals surface area contributed by atoms with Gasteiger partial charge in [-0.1, -0.05) is 12.1 Å². The molecule has 3 atom stereocenters. The molecule has 0 aromatic carbocycles. The van der Waals surface area contributed by atoms with Gasteiger partial charge in [0.2, 0.25) is 0 Å². The van der Waals surface area contributed by atoms with Crippen molar-refractivity contribution >= 4 is 17.7 Å². The molecule has 1 fully saturated rings. The Morgan fingerprint density at radius 1 is 1.61 bits per heavy atom. The Morgan fingerprint density at radius 2 is 2.28 bits per heavy atom. The maximum absolute atomic E-state index is 11.7. The molecule has 1 aromatic rings. The number of rotatable bonds is 4. The van der Waals surface area contributed by atoms with Gasteiger partial charge in [0.25, 0.3) is 5.91 Å². The fourth-order valence-corrected chi connectivity index (χ4v) is 1.62. The number of carbonyl (C=O) groups is 2. The lowest BCUT2D eigenvalue weighted by atomic mass is 10.3. The summed E-state index contributed by atoms with van der Waals surface area (Å²) >= 11 is 0. The van der Waals surface area contributed by atoms with Crippen LogP contribution >= 0.6 is 0 Å². The van der Waals surface area contributed by atoms with Crippen LogP contribution in [-0.2, 0) is 14.3 Å². The van der Waals surface area contributed by atoms with E-state index < -0.39 is 12.0 Å². The summed E-state index contributed by atoms with van der Waals surface area (Å²) in [5, 5.41) is 6.15. The second-order valence-electron chi connectivity index (χ2n) is 4.71. The number of nitrogens with zero attached hydrogens (tertiary/aromatic N) is 1. The molecular formula is C12H16N2O4. The van der Waals surface area contributed by atoms with Gasteiger partial charge in [0.05, 0.1) is 5.92 Å². The largest absolute Gasteiger partial charge is 0.452 e. The molecule has 1 heterocycles. The van der Waals surface area contributed by atoms with Gasteiger partial charge in [0.1, 0.15) is 5.76 Å². The van der Waals surface area contributed by atoms with Crippen LogP contribution in [0.1, 0.15) is 26.0 Å². The Kier molecular flexibility index (Phi) is 3.36. The standard InChI is InChI=1S/C12H16N2O4/c1-6-4-9(6)12(16)17-8(3)11(15)13-10-5-7(2)18-14-10/h5-6,8-9H,4H2,1-3H3,(H,13,14,15)/t6-,8+,9+/m1/s1. The number of aromatic nitrogens is 1. The zero-order valence-electron chi connectivity index (χ0n) is 10.6. The maximum atomic E-state index is 11.7. The quantitative estimate of drug-likeness (QED) is 0.821. The highest BCUT2D eigenvalue weighted by Crippen LogP contribution is 2.38. The van der Waals surface area contributed by atoms with Crippen LogP contribution in [0.3, 0.4) is 0 Å². The lowest BCUT2D eigenvalue weighted by Gasteiger charge is -2.11. The van der Waals surface area contributed by atoms with E-state index in [0.29, 0.717) is 17.5 Å². The van der Waals surface area contributed by atoms with Gasteiger partial charge in [0, 0.05) is 6.07 Å². The molecule has 1 aliphatic carbocycles. The average Bonchev–Trinajstić information content (AvgIpc) is 2.90. The molecule has 0 aliphatic heterocycles. The topological polar surface area (TPSA) is 81.4 Å². The zero-order valence-corrected chi connectivity index (χ0v) is 10.6. The first-order chi connectivity index (χ1) is 8.47. The smallest absolute Gasteiger partial charge is 0.309 e. The van der Waals surface area contributed by atoms with E-state index in [4.69, 9.17) is 9.26 Å². The van der Waals surface area contributed by atoms with E-state index in [9.17, 15) is 9.59 Å². The van der Waals surface area contributed by atoms with Crippen molar-refractivity contribution in [1.82, 2.24) is 5.16 Å². The normalized spacial score (nSPS) is 23.3. The van der Waals surface area contributed by atoms with Crippen molar-refractivity contribution in [3.05, 3.63) is 11.8 Å². The minimum atomic E-state index is -0.831. The molecule has 6 heteroatoms. The Bertz CT molecular complexity index is 468. The fraction of sp³-hybridized carbons (Fsp3) is 0.583. The molecule has 0 unspecified atom stereocenters. The molecule has 98 valence electrons. The Balaban J connectivity index is 1.83. The van der Waals surface area contributed by atoms with Crippen molar-refractivity contribution in [2.45, 2.75) is 33.3 Å². The van der Waals surface area contributed by atoms with Crippen LogP contribution in [0.2, 0.25) is 0 Å². The number of hydrogen-bond acceptors (Lipinski definition) is 5. The summed E-state index contributed by atoms with van der Waals surface area (Å²) in [6.07, 6.45) is 0.0117. The molecule has 1 aromatic heterocycles. The second-order valence-corrected chi connectivity index (χ2v) is 4.71. The molecule has 2 rings (SSSR count). The number of nitrogens with one attached hydrogen (secondary N) is 1. The summed E-state index contributed by atoms with van der Waals surface area (Å²) in [6, 6.07) is 1.59. The highest BCUT2D eigenvalue weighted by molar-refractivity contribution is 5.94. The third-order valence-corrected chi connectivity index (χ3v) is 2.95. The minimum Gasteiger partial charge on any atom is -0.452 e. The number of esters is 1. The molecule has 0 spiro atoms. The monoisotopic (exact) mass is 252 g/mol. The molecule has 1 aliphatic rings. The van der Waals surface area contributed by atoms with Crippen LogP contribution in [0, 0.1) is 18.8 Å². The first kappa shape index (κ1) is 12.6. The highest BCUT2D eigenvalue weighted by Gasteiger charge is 2.41. The van der Waals surface area contributed by atoms with Crippen LogP contribution < -0.4 is 5.32 Å². The molecule has 1 N–H and O–H groups in total. The zero-order chi connectivity index (χ0) is 13.3. The number of hydrogen-bond donors (Lipinski definition) is 1. The highest BCUT2D eigenvalue weighted by atomic mass is 16.5. The van der Waals surface area contributed by atoms with Crippen molar-refractivity contribution < 1.29 is 18.8 Å². The predicted molar refractivity (Wildman–Crippen MR) is 62.7 cm³/mol. The summed E-state index contributed by atoms with van der Waals surface area (Å²) < 4.78 is 9.89. The van der Waals surface area contributed by atoms with Gasteiger partial charge in [-0.05, 0) is 26.2 Å². The summed E-state index contributed by atoms with van der Waals surface area (Å²) in [7, 11) is 0. The van der Waals surface area contributed by atoms with E-state index >= 15 is 0 Å². The number of carbonyl (C=O) groups excluding carboxylic acids is 2. The van der Waals surface area contributed by atoms with E-state index in [2.05, 4.69) is 10.5 Å².